The average molecular weight is 202 g/mol. The van der Waals surface area contributed by atoms with Crippen molar-refractivity contribution in [1.29, 1.82) is 0 Å². The topological polar surface area (TPSA) is 0 Å². The van der Waals surface area contributed by atoms with E-state index >= 15 is 0 Å². The summed E-state index contributed by atoms with van der Waals surface area (Å²) in [5, 5.41) is 0. The standard InChI is InChI=1S/C15H22/c1-4-6-10-14(5-2)12-15-11-8-7-9-13(15)3/h7-9,11-12H,4-6,10H2,1-3H3/b14-12-. The van der Waals surface area contributed by atoms with Gasteiger partial charge in [0, 0.05) is 0 Å². The van der Waals surface area contributed by atoms with E-state index in [1.54, 1.807) is 5.57 Å². The zero-order valence-electron chi connectivity index (χ0n) is 10.2. The van der Waals surface area contributed by atoms with Crippen LogP contribution in [0.5, 0.6) is 0 Å². The molecule has 0 saturated carbocycles. The molecule has 0 aromatic heterocycles. The predicted molar refractivity (Wildman–Crippen MR) is 69.0 cm³/mol. The smallest absolute Gasteiger partial charge is 0.0228 e. The van der Waals surface area contributed by atoms with Gasteiger partial charge in [-0.1, -0.05) is 56.2 Å². The number of unbranched alkanes of at least 4 members (excludes halogenated alkanes) is 1. The maximum absolute atomic E-state index is 2.37. The van der Waals surface area contributed by atoms with Gasteiger partial charge in [-0.2, -0.15) is 0 Å². The third-order valence-electron chi connectivity index (χ3n) is 2.85. The highest BCUT2D eigenvalue weighted by Crippen LogP contribution is 2.18. The Morgan fingerprint density at radius 2 is 1.93 bits per heavy atom. The lowest BCUT2D eigenvalue weighted by molar-refractivity contribution is 0.770. The van der Waals surface area contributed by atoms with Gasteiger partial charge in [0.05, 0.1) is 0 Å². The molecule has 1 rings (SSSR count). The molecule has 15 heavy (non-hydrogen) atoms. The Kier molecular flexibility index (Phi) is 5.17. The molecule has 1 aromatic carbocycles. The fourth-order valence-corrected chi connectivity index (χ4v) is 1.72. The number of benzene rings is 1. The first-order valence-electron chi connectivity index (χ1n) is 6.03. The first kappa shape index (κ1) is 12.0. The lowest BCUT2D eigenvalue weighted by atomic mass is 10.0. The van der Waals surface area contributed by atoms with Crippen LogP contribution < -0.4 is 0 Å². The number of rotatable bonds is 5. The van der Waals surface area contributed by atoms with E-state index in [0.29, 0.717) is 0 Å². The lowest BCUT2D eigenvalue weighted by Crippen LogP contribution is -1.85. The van der Waals surface area contributed by atoms with E-state index in [0.717, 1.165) is 0 Å². The van der Waals surface area contributed by atoms with Crippen LogP contribution in [-0.2, 0) is 0 Å². The zero-order chi connectivity index (χ0) is 11.1. The Balaban J connectivity index is 2.78. The maximum Gasteiger partial charge on any atom is -0.0228 e. The molecule has 0 aliphatic carbocycles. The minimum absolute atomic E-state index is 1.17. The van der Waals surface area contributed by atoms with Crippen molar-refractivity contribution in [3.8, 4) is 0 Å². The second-order valence-electron chi connectivity index (χ2n) is 4.12. The van der Waals surface area contributed by atoms with Gasteiger partial charge in [-0.15, -0.1) is 0 Å². The van der Waals surface area contributed by atoms with Crippen LogP contribution in [0.4, 0.5) is 0 Å². The summed E-state index contributed by atoms with van der Waals surface area (Å²) in [7, 11) is 0. The van der Waals surface area contributed by atoms with Crippen LogP contribution in [0.2, 0.25) is 0 Å². The van der Waals surface area contributed by atoms with Crippen molar-refractivity contribution in [1.82, 2.24) is 0 Å². The van der Waals surface area contributed by atoms with Crippen molar-refractivity contribution in [2.75, 3.05) is 0 Å². The molecule has 0 heterocycles. The summed E-state index contributed by atoms with van der Waals surface area (Å²) in [4.78, 5) is 0. The van der Waals surface area contributed by atoms with Gasteiger partial charge in [0.1, 0.15) is 0 Å². The SMILES string of the molecule is CCCC/C(=C\c1ccccc1C)CC. The average Bonchev–Trinajstić information content (AvgIpc) is 2.26. The molecule has 0 nitrogen and oxygen atoms in total. The summed E-state index contributed by atoms with van der Waals surface area (Å²) < 4.78 is 0. The number of hydrogen-bond acceptors (Lipinski definition) is 0. The molecule has 82 valence electrons. The van der Waals surface area contributed by atoms with Gasteiger partial charge in [-0.3, -0.25) is 0 Å². The summed E-state index contributed by atoms with van der Waals surface area (Å²) >= 11 is 0. The highest BCUT2D eigenvalue weighted by atomic mass is 14.0. The van der Waals surface area contributed by atoms with Crippen molar-refractivity contribution in [2.45, 2.75) is 46.5 Å². The first-order valence-corrected chi connectivity index (χ1v) is 6.03. The van der Waals surface area contributed by atoms with E-state index in [9.17, 15) is 0 Å². The van der Waals surface area contributed by atoms with Crippen LogP contribution in [0.1, 0.15) is 50.7 Å². The van der Waals surface area contributed by atoms with Crippen molar-refractivity contribution in [3.05, 3.63) is 41.0 Å². The fraction of sp³-hybridized carbons (Fsp3) is 0.467. The van der Waals surface area contributed by atoms with Gasteiger partial charge < -0.3 is 0 Å². The Labute approximate surface area is 94.0 Å². The van der Waals surface area contributed by atoms with Crippen molar-refractivity contribution in [2.24, 2.45) is 0 Å². The van der Waals surface area contributed by atoms with Crippen molar-refractivity contribution < 1.29 is 0 Å². The predicted octanol–water partition coefficient (Wildman–Crippen LogP) is 4.98. The fourth-order valence-electron chi connectivity index (χ4n) is 1.72. The molecule has 0 spiro atoms. The largest absolute Gasteiger partial charge is 0.0699 e. The monoisotopic (exact) mass is 202 g/mol. The summed E-state index contributed by atoms with van der Waals surface area (Å²) in [6.07, 6.45) is 7.39. The Bertz CT molecular complexity index is 321. The quantitative estimate of drug-likeness (QED) is 0.631. The van der Waals surface area contributed by atoms with Crippen molar-refractivity contribution in [3.63, 3.8) is 0 Å². The summed E-state index contributed by atoms with van der Waals surface area (Å²) in [5.41, 5.74) is 4.33. The molecule has 0 bridgehead atoms. The first-order chi connectivity index (χ1) is 7.27. The Morgan fingerprint density at radius 1 is 1.20 bits per heavy atom. The zero-order valence-corrected chi connectivity index (χ0v) is 10.2. The highest BCUT2D eigenvalue weighted by Gasteiger charge is 1.97. The van der Waals surface area contributed by atoms with E-state index < -0.39 is 0 Å². The van der Waals surface area contributed by atoms with Gasteiger partial charge in [-0.05, 0) is 37.3 Å². The number of allylic oxidation sites excluding steroid dienone is 1. The molecular formula is C15H22. The molecule has 0 aliphatic rings. The minimum Gasteiger partial charge on any atom is -0.0699 e. The van der Waals surface area contributed by atoms with E-state index in [4.69, 9.17) is 0 Å². The van der Waals surface area contributed by atoms with Gasteiger partial charge in [0.15, 0.2) is 0 Å². The van der Waals surface area contributed by atoms with E-state index in [-0.39, 0.29) is 0 Å². The molecule has 0 atom stereocenters. The molecule has 0 unspecified atom stereocenters. The van der Waals surface area contributed by atoms with Crippen LogP contribution in [0.3, 0.4) is 0 Å². The van der Waals surface area contributed by atoms with Crippen LogP contribution in [0.25, 0.3) is 6.08 Å². The van der Waals surface area contributed by atoms with Gasteiger partial charge in [0.25, 0.3) is 0 Å². The van der Waals surface area contributed by atoms with Gasteiger partial charge in [0.2, 0.25) is 0 Å². The van der Waals surface area contributed by atoms with Crippen LogP contribution >= 0.6 is 0 Å². The normalized spacial score (nSPS) is 11.8. The molecule has 0 aliphatic heterocycles. The molecule has 0 fully saturated rings. The maximum atomic E-state index is 2.37. The summed E-state index contributed by atoms with van der Waals surface area (Å²) in [5.74, 6) is 0. The Hall–Kier alpha value is -1.04. The van der Waals surface area contributed by atoms with Crippen LogP contribution in [0, 0.1) is 6.92 Å². The third kappa shape index (κ3) is 3.91. The van der Waals surface area contributed by atoms with Crippen LogP contribution in [0.15, 0.2) is 29.8 Å². The molecule has 0 saturated heterocycles. The van der Waals surface area contributed by atoms with Gasteiger partial charge >= 0.3 is 0 Å². The van der Waals surface area contributed by atoms with E-state index in [2.05, 4.69) is 51.1 Å². The lowest BCUT2D eigenvalue weighted by Gasteiger charge is -2.05. The molecule has 0 N–H and O–H groups in total. The second kappa shape index (κ2) is 6.44. The number of aryl methyl sites for hydroxylation is 1. The Morgan fingerprint density at radius 3 is 2.53 bits per heavy atom. The van der Waals surface area contributed by atoms with Gasteiger partial charge in [-0.25, -0.2) is 0 Å². The third-order valence-corrected chi connectivity index (χ3v) is 2.85. The highest BCUT2D eigenvalue weighted by molar-refractivity contribution is 5.56. The van der Waals surface area contributed by atoms with E-state index in [1.165, 1.54) is 36.8 Å². The summed E-state index contributed by atoms with van der Waals surface area (Å²) in [6, 6.07) is 8.60. The second-order valence-corrected chi connectivity index (χ2v) is 4.12. The molecular weight excluding hydrogens is 180 g/mol. The van der Waals surface area contributed by atoms with Crippen LogP contribution in [-0.4, -0.2) is 0 Å². The van der Waals surface area contributed by atoms with E-state index in [1.807, 2.05) is 0 Å². The van der Waals surface area contributed by atoms with Crippen molar-refractivity contribution >= 4 is 6.08 Å². The minimum atomic E-state index is 1.17. The molecule has 1 aromatic rings. The molecule has 0 radical (unpaired) electrons. The summed E-state index contributed by atoms with van der Waals surface area (Å²) in [6.45, 7) is 6.68. The molecule has 0 heteroatoms. The molecule has 0 amide bonds. The number of hydrogen-bond donors (Lipinski definition) is 0.